The van der Waals surface area contributed by atoms with Crippen molar-refractivity contribution in [3.05, 3.63) is 20.8 Å². The second-order valence-electron chi connectivity index (χ2n) is 4.28. The zero-order chi connectivity index (χ0) is 15.2. The van der Waals surface area contributed by atoms with Crippen molar-refractivity contribution in [3.8, 4) is 0 Å². The van der Waals surface area contributed by atoms with E-state index in [1.54, 1.807) is 20.8 Å². The Balaban J connectivity index is 2.88. The van der Waals surface area contributed by atoms with Crippen LogP contribution in [0.5, 0.6) is 0 Å². The molecule has 0 aliphatic heterocycles. The standard InChI is InChI=1S/C13H18BrNO4S/c1-4-18-11(16)13(3,15-12(17)19-5-2)8-9-6-7-10(14)20-9/h6-7H,4-5,8H2,1-3H3,(H,15,17). The number of rotatable bonds is 6. The van der Waals surface area contributed by atoms with Gasteiger partial charge in [-0.05, 0) is 48.8 Å². The summed E-state index contributed by atoms with van der Waals surface area (Å²) in [6, 6.07) is 3.80. The minimum Gasteiger partial charge on any atom is -0.464 e. The first-order valence-corrected chi connectivity index (χ1v) is 7.88. The molecule has 0 spiro atoms. The predicted octanol–water partition coefficient (Wildman–Crippen LogP) is 3.12. The Morgan fingerprint density at radius 1 is 1.30 bits per heavy atom. The van der Waals surface area contributed by atoms with Crippen molar-refractivity contribution in [1.82, 2.24) is 5.32 Å². The number of alkyl carbamates (subject to hydrolysis) is 1. The quantitative estimate of drug-likeness (QED) is 0.788. The summed E-state index contributed by atoms with van der Waals surface area (Å²) < 4.78 is 10.9. The number of hydrogen-bond donors (Lipinski definition) is 1. The van der Waals surface area contributed by atoms with Gasteiger partial charge in [-0.3, -0.25) is 0 Å². The molecular formula is C13H18BrNO4S. The van der Waals surface area contributed by atoms with Crippen LogP contribution >= 0.6 is 27.3 Å². The minimum atomic E-state index is -1.15. The van der Waals surface area contributed by atoms with Gasteiger partial charge in [-0.1, -0.05) is 0 Å². The number of amides is 1. The lowest BCUT2D eigenvalue weighted by Crippen LogP contribution is -2.54. The summed E-state index contributed by atoms with van der Waals surface area (Å²) in [4.78, 5) is 24.7. The summed E-state index contributed by atoms with van der Waals surface area (Å²) in [5.74, 6) is -0.474. The van der Waals surface area contributed by atoms with Crippen LogP contribution in [0.2, 0.25) is 0 Å². The Morgan fingerprint density at radius 2 is 1.95 bits per heavy atom. The lowest BCUT2D eigenvalue weighted by atomic mass is 9.97. The third-order valence-electron chi connectivity index (χ3n) is 2.54. The summed E-state index contributed by atoms with van der Waals surface area (Å²) in [6.07, 6.45) is -0.278. The first-order chi connectivity index (χ1) is 9.41. The zero-order valence-corrected chi connectivity index (χ0v) is 14.1. The average Bonchev–Trinajstić information content (AvgIpc) is 2.74. The van der Waals surface area contributed by atoms with Gasteiger partial charge in [-0.25, -0.2) is 9.59 Å². The number of thiophene rings is 1. The van der Waals surface area contributed by atoms with E-state index in [0.717, 1.165) is 8.66 Å². The highest BCUT2D eigenvalue weighted by atomic mass is 79.9. The first kappa shape index (κ1) is 17.0. The SMILES string of the molecule is CCOC(=O)NC(C)(Cc1ccc(Br)s1)C(=O)OCC. The van der Waals surface area contributed by atoms with Crippen molar-refractivity contribution in [2.24, 2.45) is 0 Å². The molecule has 0 aliphatic carbocycles. The van der Waals surface area contributed by atoms with E-state index in [1.807, 2.05) is 12.1 Å². The molecule has 7 heteroatoms. The molecule has 20 heavy (non-hydrogen) atoms. The average molecular weight is 364 g/mol. The molecule has 1 rings (SSSR count). The molecule has 1 heterocycles. The minimum absolute atomic E-state index is 0.245. The smallest absolute Gasteiger partial charge is 0.408 e. The summed E-state index contributed by atoms with van der Waals surface area (Å²) in [5, 5.41) is 2.59. The molecule has 1 atom stereocenters. The van der Waals surface area contributed by atoms with Crippen molar-refractivity contribution in [3.63, 3.8) is 0 Å². The van der Waals surface area contributed by atoms with Crippen molar-refractivity contribution in [2.45, 2.75) is 32.7 Å². The van der Waals surface area contributed by atoms with Gasteiger partial charge in [0, 0.05) is 11.3 Å². The van der Waals surface area contributed by atoms with Gasteiger partial charge in [0.05, 0.1) is 17.0 Å². The molecule has 0 saturated heterocycles. The molecule has 1 unspecified atom stereocenters. The van der Waals surface area contributed by atoms with E-state index in [2.05, 4.69) is 21.2 Å². The molecule has 1 N–H and O–H groups in total. The molecule has 0 radical (unpaired) electrons. The third-order valence-corrected chi connectivity index (χ3v) is 4.16. The van der Waals surface area contributed by atoms with E-state index in [4.69, 9.17) is 9.47 Å². The lowest BCUT2D eigenvalue weighted by molar-refractivity contribution is -0.150. The van der Waals surface area contributed by atoms with Crippen LogP contribution in [0.25, 0.3) is 0 Å². The third kappa shape index (κ3) is 4.79. The maximum Gasteiger partial charge on any atom is 0.408 e. The molecule has 0 saturated carbocycles. The van der Waals surface area contributed by atoms with Crippen molar-refractivity contribution in [2.75, 3.05) is 13.2 Å². The van der Waals surface area contributed by atoms with Gasteiger partial charge in [-0.15, -0.1) is 11.3 Å². The molecule has 1 aromatic rings. The molecule has 0 aromatic carbocycles. The molecule has 1 amide bonds. The fourth-order valence-electron chi connectivity index (χ4n) is 1.65. The van der Waals surface area contributed by atoms with E-state index in [-0.39, 0.29) is 13.2 Å². The zero-order valence-electron chi connectivity index (χ0n) is 11.7. The Kier molecular flexibility index (Phi) is 6.48. The van der Waals surface area contributed by atoms with Crippen molar-refractivity contribution >= 4 is 39.3 Å². The molecule has 0 aliphatic rings. The van der Waals surface area contributed by atoms with E-state index in [9.17, 15) is 9.59 Å². The number of carbonyl (C=O) groups excluding carboxylic acids is 2. The normalized spacial score (nSPS) is 13.4. The summed E-state index contributed by atoms with van der Waals surface area (Å²) >= 11 is 4.88. The van der Waals surface area contributed by atoms with E-state index in [0.29, 0.717) is 6.42 Å². The molecule has 0 fully saturated rings. The lowest BCUT2D eigenvalue weighted by Gasteiger charge is -2.27. The summed E-state index contributed by atoms with van der Waals surface area (Å²) in [6.45, 7) is 5.57. The van der Waals surface area contributed by atoms with Gasteiger partial charge in [-0.2, -0.15) is 0 Å². The summed E-state index contributed by atoms with van der Waals surface area (Å²) in [5.41, 5.74) is -1.15. The Morgan fingerprint density at radius 3 is 2.45 bits per heavy atom. The van der Waals surface area contributed by atoms with Gasteiger partial charge < -0.3 is 14.8 Å². The van der Waals surface area contributed by atoms with Crippen LogP contribution in [0.15, 0.2) is 15.9 Å². The Labute approximate surface area is 130 Å². The maximum atomic E-state index is 12.1. The Bertz CT molecular complexity index is 477. The number of carbonyl (C=O) groups is 2. The highest BCUT2D eigenvalue weighted by molar-refractivity contribution is 9.11. The monoisotopic (exact) mass is 363 g/mol. The van der Waals surface area contributed by atoms with Crippen molar-refractivity contribution < 1.29 is 19.1 Å². The van der Waals surface area contributed by atoms with Gasteiger partial charge in [0.2, 0.25) is 0 Å². The highest BCUT2D eigenvalue weighted by Gasteiger charge is 2.37. The van der Waals surface area contributed by atoms with E-state index < -0.39 is 17.6 Å². The van der Waals surface area contributed by atoms with Crippen LogP contribution in [0.3, 0.4) is 0 Å². The van der Waals surface area contributed by atoms with Gasteiger partial charge in [0.1, 0.15) is 5.54 Å². The number of ether oxygens (including phenoxy) is 2. The second kappa shape index (κ2) is 7.64. The second-order valence-corrected chi connectivity index (χ2v) is 6.83. The highest BCUT2D eigenvalue weighted by Crippen LogP contribution is 2.26. The van der Waals surface area contributed by atoms with Gasteiger partial charge in [0.15, 0.2) is 0 Å². The van der Waals surface area contributed by atoms with Crippen LogP contribution in [0.4, 0.5) is 4.79 Å². The number of esters is 1. The van der Waals surface area contributed by atoms with Crippen molar-refractivity contribution in [1.29, 1.82) is 0 Å². The fourth-order valence-corrected chi connectivity index (χ4v) is 3.28. The maximum absolute atomic E-state index is 12.1. The molecule has 5 nitrogen and oxygen atoms in total. The fraction of sp³-hybridized carbons (Fsp3) is 0.538. The topological polar surface area (TPSA) is 64.6 Å². The van der Waals surface area contributed by atoms with Crippen LogP contribution in [-0.2, 0) is 20.7 Å². The number of halogens is 1. The van der Waals surface area contributed by atoms with Crippen LogP contribution < -0.4 is 5.32 Å². The summed E-state index contributed by atoms with van der Waals surface area (Å²) in [7, 11) is 0. The van der Waals surface area contributed by atoms with Crippen LogP contribution in [0, 0.1) is 0 Å². The molecule has 0 bridgehead atoms. The molecular weight excluding hydrogens is 346 g/mol. The molecule has 1 aromatic heterocycles. The van der Waals surface area contributed by atoms with Gasteiger partial charge >= 0.3 is 12.1 Å². The van der Waals surface area contributed by atoms with Crippen LogP contribution in [0.1, 0.15) is 25.6 Å². The predicted molar refractivity (Wildman–Crippen MR) is 80.9 cm³/mol. The van der Waals surface area contributed by atoms with E-state index in [1.165, 1.54) is 11.3 Å². The largest absolute Gasteiger partial charge is 0.464 e. The Hall–Kier alpha value is -1.08. The first-order valence-electron chi connectivity index (χ1n) is 6.27. The van der Waals surface area contributed by atoms with E-state index >= 15 is 0 Å². The number of hydrogen-bond acceptors (Lipinski definition) is 5. The van der Waals surface area contributed by atoms with Crippen LogP contribution in [-0.4, -0.2) is 30.8 Å². The van der Waals surface area contributed by atoms with Gasteiger partial charge in [0.25, 0.3) is 0 Å². The molecule has 112 valence electrons. The number of nitrogens with one attached hydrogen (secondary N) is 1.